The van der Waals surface area contributed by atoms with E-state index in [2.05, 4.69) is 10.1 Å². The zero-order valence-electron chi connectivity index (χ0n) is 11.6. The van der Waals surface area contributed by atoms with Gasteiger partial charge in [-0.15, -0.1) is 0 Å². The van der Waals surface area contributed by atoms with Gasteiger partial charge >= 0.3 is 0 Å². The van der Waals surface area contributed by atoms with Crippen molar-refractivity contribution in [1.82, 2.24) is 5.01 Å². The van der Waals surface area contributed by atoms with Crippen molar-refractivity contribution in [3.8, 4) is 0 Å². The highest BCUT2D eigenvalue weighted by Crippen LogP contribution is 2.05. The summed E-state index contributed by atoms with van der Waals surface area (Å²) in [5.41, 5.74) is -0.191. The van der Waals surface area contributed by atoms with Gasteiger partial charge in [0.05, 0.1) is 0 Å². The molecule has 0 radical (unpaired) electrons. The fourth-order valence-electron chi connectivity index (χ4n) is 1.21. The van der Waals surface area contributed by atoms with E-state index in [4.69, 9.17) is 0 Å². The summed E-state index contributed by atoms with van der Waals surface area (Å²) >= 11 is 0. The lowest BCUT2D eigenvalue weighted by molar-refractivity contribution is -0.135. The zero-order chi connectivity index (χ0) is 15.2. The summed E-state index contributed by atoms with van der Waals surface area (Å²) in [6.45, 7) is 3.57. The number of rotatable bonds is 6. The minimum Gasteiger partial charge on any atom is -0.300 e. The average Bonchev–Trinajstić information content (AvgIpc) is 2.31. The van der Waals surface area contributed by atoms with Crippen molar-refractivity contribution in [3.63, 3.8) is 0 Å². The Morgan fingerprint density at radius 3 is 1.89 bits per heavy atom. The van der Waals surface area contributed by atoms with E-state index in [0.29, 0.717) is 0 Å². The van der Waals surface area contributed by atoms with E-state index in [1.165, 1.54) is 27.9 Å². The van der Waals surface area contributed by atoms with Gasteiger partial charge in [0.15, 0.2) is 11.6 Å². The summed E-state index contributed by atoms with van der Waals surface area (Å²) in [4.78, 5) is 49.2. The fourth-order valence-corrected chi connectivity index (χ4v) is 1.21. The highest BCUT2D eigenvalue weighted by atomic mass is 16.2. The summed E-state index contributed by atoms with van der Waals surface area (Å²) in [7, 11) is 2.76. The van der Waals surface area contributed by atoms with Crippen molar-refractivity contribution in [2.24, 2.45) is 16.0 Å². The van der Waals surface area contributed by atoms with Gasteiger partial charge in [-0.2, -0.15) is 5.10 Å². The largest absolute Gasteiger partial charge is 0.300 e. The summed E-state index contributed by atoms with van der Waals surface area (Å²) < 4.78 is 0. The second-order valence-electron chi connectivity index (χ2n) is 3.89. The molecule has 0 N–H and O–H groups in total. The van der Waals surface area contributed by atoms with Crippen molar-refractivity contribution in [1.29, 1.82) is 0 Å². The van der Waals surface area contributed by atoms with Crippen LogP contribution in [0.5, 0.6) is 0 Å². The van der Waals surface area contributed by atoms with Crippen LogP contribution < -0.4 is 0 Å². The van der Waals surface area contributed by atoms with Crippen LogP contribution in [0, 0.1) is 5.92 Å². The van der Waals surface area contributed by atoms with Crippen LogP contribution in [0.1, 0.15) is 20.8 Å². The predicted octanol–water partition coefficient (Wildman–Crippen LogP) is -0.115. The fraction of sp³-hybridized carbons (Fsp3) is 0.500. The number of nitrogens with zero attached hydrogens (tertiary/aromatic N) is 3. The molecule has 0 aromatic heterocycles. The first-order chi connectivity index (χ1) is 8.72. The molecule has 104 valence electrons. The summed E-state index contributed by atoms with van der Waals surface area (Å²) in [5.74, 6) is -3.57. The van der Waals surface area contributed by atoms with Crippen LogP contribution in [0.4, 0.5) is 0 Å². The van der Waals surface area contributed by atoms with E-state index in [1.54, 1.807) is 0 Å². The van der Waals surface area contributed by atoms with Gasteiger partial charge in [0, 0.05) is 41.1 Å². The van der Waals surface area contributed by atoms with E-state index in [9.17, 15) is 19.2 Å². The van der Waals surface area contributed by atoms with Crippen LogP contribution in [-0.4, -0.2) is 54.3 Å². The molecule has 7 heteroatoms. The second kappa shape index (κ2) is 7.30. The van der Waals surface area contributed by atoms with Gasteiger partial charge < -0.3 is 0 Å². The van der Waals surface area contributed by atoms with E-state index >= 15 is 0 Å². The third-order valence-electron chi connectivity index (χ3n) is 2.30. The molecule has 1 atom stereocenters. The first-order valence-corrected chi connectivity index (χ1v) is 5.53. The first-order valence-electron chi connectivity index (χ1n) is 5.53. The van der Waals surface area contributed by atoms with Crippen molar-refractivity contribution < 1.29 is 19.2 Å². The molecule has 0 spiro atoms. The number of ketones is 3. The molecule has 1 amide bonds. The Kier molecular flexibility index (Phi) is 6.46. The molecule has 0 aromatic rings. The van der Waals surface area contributed by atoms with Crippen LogP contribution in [0.3, 0.4) is 0 Å². The highest BCUT2D eigenvalue weighted by Gasteiger charge is 2.29. The maximum Gasteiger partial charge on any atom is 0.239 e. The third kappa shape index (κ3) is 4.90. The van der Waals surface area contributed by atoms with Crippen LogP contribution in [0.25, 0.3) is 0 Å². The molecule has 1 unspecified atom stereocenters. The maximum atomic E-state index is 11.8. The Hall–Kier alpha value is -2.18. The van der Waals surface area contributed by atoms with Gasteiger partial charge in [-0.3, -0.25) is 24.2 Å². The molecule has 0 aromatic carbocycles. The number of hydrogen-bond acceptors (Lipinski definition) is 6. The quantitative estimate of drug-likeness (QED) is 0.381. The molecule has 0 aliphatic heterocycles. The molecule has 0 heterocycles. The van der Waals surface area contributed by atoms with E-state index in [1.807, 2.05) is 0 Å². The predicted molar refractivity (Wildman–Crippen MR) is 70.2 cm³/mol. The molecule has 0 rings (SSSR count). The average molecular weight is 267 g/mol. The van der Waals surface area contributed by atoms with Gasteiger partial charge in [0.25, 0.3) is 0 Å². The Morgan fingerprint density at radius 1 is 1.05 bits per heavy atom. The lowest BCUT2D eigenvalue weighted by Crippen LogP contribution is -2.36. The molecule has 0 bridgehead atoms. The van der Waals surface area contributed by atoms with Crippen LogP contribution in [0.15, 0.2) is 10.1 Å². The van der Waals surface area contributed by atoms with Gasteiger partial charge in [0.2, 0.25) is 11.7 Å². The smallest absolute Gasteiger partial charge is 0.239 e. The van der Waals surface area contributed by atoms with E-state index in [0.717, 1.165) is 18.1 Å². The number of carbonyl (C=O) groups excluding carboxylic acids is 4. The Balaban J connectivity index is 5.68. The lowest BCUT2D eigenvalue weighted by Gasteiger charge is -2.14. The lowest BCUT2D eigenvalue weighted by atomic mass is 9.95. The van der Waals surface area contributed by atoms with Crippen molar-refractivity contribution in [3.05, 3.63) is 0 Å². The molecule has 0 aliphatic rings. The van der Waals surface area contributed by atoms with Crippen LogP contribution in [-0.2, 0) is 19.2 Å². The molecule has 19 heavy (non-hydrogen) atoms. The number of aliphatic imine (C=N–C) groups is 1. The number of hydrazone groups is 1. The summed E-state index contributed by atoms with van der Waals surface area (Å²) in [6, 6.07) is 0. The Labute approximate surface area is 111 Å². The first kappa shape index (κ1) is 16.8. The number of carbonyl (C=O) groups is 4. The zero-order valence-corrected chi connectivity index (χ0v) is 11.6. The molecule has 0 fully saturated rings. The number of hydrogen-bond donors (Lipinski definition) is 0. The van der Waals surface area contributed by atoms with Crippen molar-refractivity contribution in [2.75, 3.05) is 14.1 Å². The second-order valence-corrected chi connectivity index (χ2v) is 3.89. The van der Waals surface area contributed by atoms with Crippen LogP contribution >= 0.6 is 0 Å². The summed E-state index contributed by atoms with van der Waals surface area (Å²) in [6.07, 6.45) is 1.16. The Bertz CT molecular complexity index is 466. The monoisotopic (exact) mass is 267 g/mol. The molecule has 0 saturated carbocycles. The maximum absolute atomic E-state index is 11.8. The van der Waals surface area contributed by atoms with Crippen LogP contribution in [0.2, 0.25) is 0 Å². The van der Waals surface area contributed by atoms with Gasteiger partial charge in [-0.25, -0.2) is 5.01 Å². The normalized spacial score (nSPS) is 13.2. The topological polar surface area (TPSA) is 96.2 Å². The molecular weight excluding hydrogens is 250 g/mol. The minimum absolute atomic E-state index is 0.191. The van der Waals surface area contributed by atoms with E-state index in [-0.39, 0.29) is 5.71 Å². The van der Waals surface area contributed by atoms with Crippen molar-refractivity contribution >= 4 is 35.2 Å². The molecule has 7 nitrogen and oxygen atoms in total. The molecule has 0 aliphatic carbocycles. The van der Waals surface area contributed by atoms with Gasteiger partial charge in [-0.05, 0) is 0 Å². The molecule has 0 saturated heterocycles. The Morgan fingerprint density at radius 2 is 1.58 bits per heavy atom. The van der Waals surface area contributed by atoms with Gasteiger partial charge in [0.1, 0.15) is 11.6 Å². The van der Waals surface area contributed by atoms with Gasteiger partial charge in [-0.1, -0.05) is 0 Å². The summed E-state index contributed by atoms with van der Waals surface area (Å²) in [5, 5.41) is 4.72. The standard InChI is InChI=1S/C12H17N3O4/c1-7(16)11(14-15(5)9(3)18)10(6-13-4)12(19)8(2)17/h6,10H,1-5H3/b13-6?,14-11+. The van der Waals surface area contributed by atoms with Crippen molar-refractivity contribution in [2.45, 2.75) is 20.8 Å². The third-order valence-corrected chi connectivity index (χ3v) is 2.30. The minimum atomic E-state index is -1.17. The highest BCUT2D eigenvalue weighted by molar-refractivity contribution is 6.54. The number of amides is 1. The SMILES string of the molecule is CN=CC(C(=O)C(C)=O)/C(=N/N(C)C(C)=O)C(C)=O. The number of Topliss-reactive ketones (excluding diaryl/α,β-unsaturated/α-hetero) is 3. The molecular formula is C12H17N3O4. The van der Waals surface area contributed by atoms with E-state index < -0.39 is 29.2 Å².